The molecule has 2 nitrogen and oxygen atoms in total. The topological polar surface area (TPSA) is 29.5 Å². The molecule has 0 amide bonds. The van der Waals surface area contributed by atoms with Crippen molar-refractivity contribution in [3.05, 3.63) is 12.7 Å². The molecule has 0 fully saturated rings. The molecule has 0 saturated heterocycles. The molecule has 0 bridgehead atoms. The van der Waals surface area contributed by atoms with Crippen LogP contribution in [-0.4, -0.2) is 24.4 Å². The number of methoxy groups -OCH3 is 1. The first kappa shape index (κ1) is 18.8. The van der Waals surface area contributed by atoms with Crippen LogP contribution in [0.4, 0.5) is 0 Å². The lowest BCUT2D eigenvalue weighted by Gasteiger charge is -2.03. The molecule has 0 aliphatic carbocycles. The summed E-state index contributed by atoms with van der Waals surface area (Å²) < 4.78 is 5.00. The van der Waals surface area contributed by atoms with Gasteiger partial charge in [0.2, 0.25) is 0 Å². The van der Waals surface area contributed by atoms with E-state index < -0.39 is 6.10 Å². The maximum Gasteiger partial charge on any atom is 0.136 e. The highest BCUT2D eigenvalue weighted by Gasteiger charge is 1.98. The second-order valence-corrected chi connectivity index (χ2v) is 4.86. The van der Waals surface area contributed by atoms with Crippen molar-refractivity contribution in [2.75, 3.05) is 7.11 Å². The van der Waals surface area contributed by atoms with Crippen molar-refractivity contribution in [2.24, 2.45) is 0 Å². The van der Waals surface area contributed by atoms with E-state index in [1.54, 1.807) is 13.2 Å². The van der Waals surface area contributed by atoms with E-state index in [-0.39, 0.29) is 6.10 Å². The maximum atomic E-state index is 9.68. The van der Waals surface area contributed by atoms with Crippen LogP contribution in [0.2, 0.25) is 0 Å². The number of rotatable bonds is 10. The molecule has 0 rings (SSSR count). The first-order valence-electron chi connectivity index (χ1n) is 7.59. The van der Waals surface area contributed by atoms with Crippen molar-refractivity contribution in [1.82, 2.24) is 0 Å². The Morgan fingerprint density at radius 1 is 1.05 bits per heavy atom. The van der Waals surface area contributed by atoms with Crippen LogP contribution in [-0.2, 0) is 4.74 Å². The Kier molecular flexibility index (Phi) is 13.3. The zero-order valence-electron chi connectivity index (χ0n) is 13.0. The number of hydrogen-bond acceptors (Lipinski definition) is 2. The highest BCUT2D eigenvalue weighted by molar-refractivity contribution is 5.29. The Morgan fingerprint density at radius 2 is 1.65 bits per heavy atom. The van der Waals surface area contributed by atoms with Gasteiger partial charge in [-0.2, -0.15) is 0 Å². The van der Waals surface area contributed by atoms with Gasteiger partial charge in [-0.1, -0.05) is 69.9 Å². The fraction of sp³-hybridized carbons (Fsp3) is 0.667. The molecule has 0 spiro atoms. The smallest absolute Gasteiger partial charge is 0.136 e. The minimum atomic E-state index is -0.565. The van der Waals surface area contributed by atoms with E-state index in [1.807, 2.05) is 0 Å². The van der Waals surface area contributed by atoms with E-state index in [0.29, 0.717) is 0 Å². The molecular formula is C18H28O2. The molecule has 0 saturated carbocycles. The van der Waals surface area contributed by atoms with Crippen molar-refractivity contribution in [1.29, 1.82) is 0 Å². The lowest BCUT2D eigenvalue weighted by atomic mass is 10.1. The summed E-state index contributed by atoms with van der Waals surface area (Å²) in [7, 11) is 1.57. The normalized spacial score (nSPS) is 12.6. The van der Waals surface area contributed by atoms with Crippen LogP contribution in [0, 0.1) is 23.7 Å². The molecule has 0 aliphatic heterocycles. The minimum Gasteiger partial charge on any atom is -0.380 e. The van der Waals surface area contributed by atoms with Gasteiger partial charge in [-0.05, 0) is 24.7 Å². The third-order valence-electron chi connectivity index (χ3n) is 3.06. The van der Waals surface area contributed by atoms with E-state index in [4.69, 9.17) is 4.74 Å². The highest BCUT2D eigenvalue weighted by Crippen LogP contribution is 2.09. The molecule has 0 aromatic heterocycles. The second-order valence-electron chi connectivity index (χ2n) is 4.86. The molecule has 0 unspecified atom stereocenters. The van der Waals surface area contributed by atoms with Gasteiger partial charge < -0.3 is 9.84 Å². The van der Waals surface area contributed by atoms with Crippen molar-refractivity contribution in [3.8, 4) is 23.7 Å². The standard InChI is InChI=1S/C18H28O2/c1-4-6-7-8-9-10-11-14-17(19)15-12-13-16-18(5-2)20-3/h5,17-19H,2,4,6-11,14H2,1,3H3/t17-,18-/m1/s1. The molecular weight excluding hydrogens is 248 g/mol. The number of unbranched alkanes of at least 4 members (excludes halogenated alkanes) is 6. The molecule has 1 N–H and O–H groups in total. The molecule has 112 valence electrons. The van der Waals surface area contributed by atoms with Crippen molar-refractivity contribution < 1.29 is 9.84 Å². The lowest BCUT2D eigenvalue weighted by molar-refractivity contribution is 0.185. The first-order valence-corrected chi connectivity index (χ1v) is 7.59. The average Bonchev–Trinajstić information content (AvgIpc) is 2.46. The Labute approximate surface area is 124 Å². The first-order chi connectivity index (χ1) is 9.74. The number of aliphatic hydroxyl groups excluding tert-OH is 1. The van der Waals surface area contributed by atoms with Crippen LogP contribution in [0.25, 0.3) is 0 Å². The molecule has 2 atom stereocenters. The summed E-state index contributed by atoms with van der Waals surface area (Å²) in [5.74, 6) is 10.9. The van der Waals surface area contributed by atoms with Gasteiger partial charge >= 0.3 is 0 Å². The van der Waals surface area contributed by atoms with Crippen LogP contribution < -0.4 is 0 Å². The van der Waals surface area contributed by atoms with Crippen molar-refractivity contribution in [3.63, 3.8) is 0 Å². The van der Waals surface area contributed by atoms with Gasteiger partial charge in [-0.3, -0.25) is 0 Å². The Hall–Kier alpha value is -1.22. The molecule has 0 aliphatic rings. The monoisotopic (exact) mass is 276 g/mol. The van der Waals surface area contributed by atoms with Crippen molar-refractivity contribution in [2.45, 2.75) is 70.5 Å². The SMILES string of the molecule is C=C[C@H](C#CC#C[C@H](O)CCCCCCCCC)OC. The summed E-state index contributed by atoms with van der Waals surface area (Å²) in [6.45, 7) is 5.82. The van der Waals surface area contributed by atoms with Gasteiger partial charge in [0.1, 0.15) is 12.2 Å². The van der Waals surface area contributed by atoms with Gasteiger partial charge in [0, 0.05) is 7.11 Å². The predicted octanol–water partition coefficient (Wildman–Crippen LogP) is 3.70. The molecule has 0 aromatic rings. The van der Waals surface area contributed by atoms with Gasteiger partial charge in [0.15, 0.2) is 0 Å². The molecule has 20 heavy (non-hydrogen) atoms. The van der Waals surface area contributed by atoms with Crippen LogP contribution in [0.1, 0.15) is 58.3 Å². The number of aliphatic hydroxyl groups is 1. The third kappa shape index (κ3) is 11.8. The van der Waals surface area contributed by atoms with Crippen LogP contribution in [0.5, 0.6) is 0 Å². The summed E-state index contributed by atoms with van der Waals surface area (Å²) >= 11 is 0. The van der Waals surface area contributed by atoms with Gasteiger partial charge in [-0.15, -0.1) is 0 Å². The Balaban J connectivity index is 3.68. The van der Waals surface area contributed by atoms with Crippen molar-refractivity contribution >= 4 is 0 Å². The predicted molar refractivity (Wildman–Crippen MR) is 85.2 cm³/mol. The van der Waals surface area contributed by atoms with Gasteiger partial charge in [0.25, 0.3) is 0 Å². The fourth-order valence-corrected chi connectivity index (χ4v) is 1.81. The minimum absolute atomic E-state index is 0.287. The van der Waals surface area contributed by atoms with E-state index in [9.17, 15) is 5.11 Å². The number of ether oxygens (including phenoxy) is 1. The summed E-state index contributed by atoms with van der Waals surface area (Å²) in [5.41, 5.74) is 0. The molecule has 0 radical (unpaired) electrons. The van der Waals surface area contributed by atoms with E-state index in [1.165, 1.54) is 38.5 Å². The number of hydrogen-bond donors (Lipinski definition) is 1. The van der Waals surface area contributed by atoms with Crippen LogP contribution in [0.3, 0.4) is 0 Å². The molecule has 0 aromatic carbocycles. The largest absolute Gasteiger partial charge is 0.380 e. The third-order valence-corrected chi connectivity index (χ3v) is 3.06. The van der Waals surface area contributed by atoms with Gasteiger partial charge in [-0.25, -0.2) is 0 Å². The van der Waals surface area contributed by atoms with Gasteiger partial charge in [0.05, 0.1) is 0 Å². The quantitative estimate of drug-likeness (QED) is 0.374. The van der Waals surface area contributed by atoms with Crippen LogP contribution in [0.15, 0.2) is 12.7 Å². The highest BCUT2D eigenvalue weighted by atomic mass is 16.5. The fourth-order valence-electron chi connectivity index (χ4n) is 1.81. The van der Waals surface area contributed by atoms with E-state index >= 15 is 0 Å². The summed E-state index contributed by atoms with van der Waals surface area (Å²) in [5, 5.41) is 9.68. The molecule has 2 heteroatoms. The summed E-state index contributed by atoms with van der Waals surface area (Å²) in [6, 6.07) is 0. The van der Waals surface area contributed by atoms with E-state index in [2.05, 4.69) is 37.2 Å². The van der Waals surface area contributed by atoms with Crippen LogP contribution >= 0.6 is 0 Å². The maximum absolute atomic E-state index is 9.68. The van der Waals surface area contributed by atoms with E-state index in [0.717, 1.165) is 12.8 Å². The molecule has 0 heterocycles. The second kappa shape index (κ2) is 14.2. The zero-order valence-corrected chi connectivity index (χ0v) is 13.0. The Morgan fingerprint density at radius 3 is 2.25 bits per heavy atom. The average molecular weight is 276 g/mol. The zero-order chi connectivity index (χ0) is 15.1. The Bertz CT molecular complexity index is 351. The lowest BCUT2D eigenvalue weighted by Crippen LogP contribution is -2.02. The summed E-state index contributed by atoms with van der Waals surface area (Å²) in [4.78, 5) is 0. The summed E-state index contributed by atoms with van der Waals surface area (Å²) in [6.07, 6.45) is 10.2.